The van der Waals surface area contributed by atoms with Crippen molar-refractivity contribution in [2.45, 2.75) is 39.3 Å². The van der Waals surface area contributed by atoms with E-state index in [1.165, 1.54) is 16.3 Å². The van der Waals surface area contributed by atoms with Gasteiger partial charge in [-0.2, -0.15) is 0 Å². The highest BCUT2D eigenvalue weighted by molar-refractivity contribution is 7.92. The number of halogens is 1. The SMILES string of the molecule is CNC(=O)[C@@H](C)N(Cc1cccc(C)c1)C(=O)CCCN(c1cccc(Cl)c1)S(C)(=O)=O. The van der Waals surface area contributed by atoms with E-state index in [-0.39, 0.29) is 24.8 Å². The Kier molecular flexibility index (Phi) is 9.09. The lowest BCUT2D eigenvalue weighted by molar-refractivity contribution is -0.140. The monoisotopic (exact) mass is 479 g/mol. The Morgan fingerprint density at radius 1 is 1.12 bits per heavy atom. The van der Waals surface area contributed by atoms with Crippen molar-refractivity contribution in [3.8, 4) is 0 Å². The zero-order valence-electron chi connectivity index (χ0n) is 18.8. The molecule has 0 saturated carbocycles. The second kappa shape index (κ2) is 11.3. The molecule has 7 nitrogen and oxygen atoms in total. The topological polar surface area (TPSA) is 86.8 Å². The van der Waals surface area contributed by atoms with Gasteiger partial charge in [-0.05, 0) is 44.0 Å². The van der Waals surface area contributed by atoms with E-state index in [1.54, 1.807) is 31.2 Å². The predicted octanol–water partition coefficient (Wildman–Crippen LogP) is 3.36. The average molecular weight is 480 g/mol. The second-order valence-electron chi connectivity index (χ2n) is 7.72. The maximum atomic E-state index is 13.1. The van der Waals surface area contributed by atoms with Crippen LogP contribution in [0.3, 0.4) is 0 Å². The molecule has 0 aromatic heterocycles. The number of carbonyl (C=O) groups is 2. The minimum atomic E-state index is -3.55. The van der Waals surface area contributed by atoms with Crippen LogP contribution in [0.15, 0.2) is 48.5 Å². The van der Waals surface area contributed by atoms with Gasteiger partial charge in [0, 0.05) is 31.6 Å². The number of likely N-dealkylation sites (N-methyl/N-ethyl adjacent to an activating group) is 1. The summed E-state index contributed by atoms with van der Waals surface area (Å²) < 4.78 is 25.8. The Bertz CT molecular complexity index is 1060. The van der Waals surface area contributed by atoms with Crippen LogP contribution in [-0.2, 0) is 26.2 Å². The first-order valence-electron chi connectivity index (χ1n) is 10.3. The Labute approximate surface area is 195 Å². The smallest absolute Gasteiger partial charge is 0.242 e. The van der Waals surface area contributed by atoms with E-state index < -0.39 is 16.1 Å². The number of anilines is 1. The summed E-state index contributed by atoms with van der Waals surface area (Å²) in [4.78, 5) is 26.8. The van der Waals surface area contributed by atoms with Crippen LogP contribution in [-0.4, -0.2) is 51.0 Å². The molecule has 0 radical (unpaired) electrons. The first-order valence-corrected chi connectivity index (χ1v) is 12.6. The Balaban J connectivity index is 2.14. The molecule has 0 spiro atoms. The lowest BCUT2D eigenvalue weighted by atomic mass is 10.1. The molecule has 0 heterocycles. The van der Waals surface area contributed by atoms with E-state index in [2.05, 4.69) is 5.32 Å². The van der Waals surface area contributed by atoms with Crippen molar-refractivity contribution in [2.75, 3.05) is 24.2 Å². The zero-order chi connectivity index (χ0) is 23.9. The van der Waals surface area contributed by atoms with E-state index in [0.29, 0.717) is 23.7 Å². The molecular weight excluding hydrogens is 450 g/mol. The highest BCUT2D eigenvalue weighted by Crippen LogP contribution is 2.22. The van der Waals surface area contributed by atoms with Gasteiger partial charge in [0.05, 0.1) is 11.9 Å². The largest absolute Gasteiger partial charge is 0.357 e. The number of rotatable bonds is 10. The van der Waals surface area contributed by atoms with Gasteiger partial charge in [-0.15, -0.1) is 0 Å². The summed E-state index contributed by atoms with van der Waals surface area (Å²) in [6.07, 6.45) is 1.51. The van der Waals surface area contributed by atoms with E-state index in [0.717, 1.165) is 17.4 Å². The van der Waals surface area contributed by atoms with Gasteiger partial charge in [0.25, 0.3) is 0 Å². The van der Waals surface area contributed by atoms with Crippen LogP contribution in [0, 0.1) is 6.92 Å². The van der Waals surface area contributed by atoms with Gasteiger partial charge in [-0.1, -0.05) is 47.5 Å². The molecule has 2 aromatic rings. The van der Waals surface area contributed by atoms with Crippen LogP contribution < -0.4 is 9.62 Å². The Hall–Kier alpha value is -2.58. The molecule has 2 aromatic carbocycles. The summed E-state index contributed by atoms with van der Waals surface area (Å²) in [6.45, 7) is 4.06. The number of hydrogen-bond donors (Lipinski definition) is 1. The van der Waals surface area contributed by atoms with Gasteiger partial charge >= 0.3 is 0 Å². The van der Waals surface area contributed by atoms with Crippen LogP contribution in [0.4, 0.5) is 5.69 Å². The number of nitrogens with zero attached hydrogens (tertiary/aromatic N) is 2. The van der Waals surface area contributed by atoms with Gasteiger partial charge in [-0.3, -0.25) is 13.9 Å². The molecule has 0 fully saturated rings. The lowest BCUT2D eigenvalue weighted by Gasteiger charge is -2.29. The molecule has 1 atom stereocenters. The maximum Gasteiger partial charge on any atom is 0.242 e. The fourth-order valence-corrected chi connectivity index (χ4v) is 4.58. The summed E-state index contributed by atoms with van der Waals surface area (Å²) in [5.74, 6) is -0.482. The van der Waals surface area contributed by atoms with Crippen LogP contribution in [0.2, 0.25) is 5.02 Å². The van der Waals surface area contributed by atoms with E-state index in [4.69, 9.17) is 11.6 Å². The van der Waals surface area contributed by atoms with Crippen LogP contribution in [0.1, 0.15) is 30.9 Å². The van der Waals surface area contributed by atoms with Crippen molar-refractivity contribution in [1.29, 1.82) is 0 Å². The minimum Gasteiger partial charge on any atom is -0.357 e. The van der Waals surface area contributed by atoms with E-state index in [9.17, 15) is 18.0 Å². The molecule has 0 aliphatic carbocycles. The number of sulfonamides is 1. The van der Waals surface area contributed by atoms with Crippen molar-refractivity contribution >= 4 is 39.1 Å². The fraction of sp³-hybridized carbons (Fsp3) is 0.391. The van der Waals surface area contributed by atoms with Gasteiger partial charge in [-0.25, -0.2) is 8.42 Å². The molecule has 2 rings (SSSR count). The number of hydrogen-bond acceptors (Lipinski definition) is 4. The summed E-state index contributed by atoms with van der Waals surface area (Å²) in [5, 5.41) is 3.01. The third kappa shape index (κ3) is 7.24. The molecule has 9 heteroatoms. The van der Waals surface area contributed by atoms with Crippen LogP contribution in [0.25, 0.3) is 0 Å². The molecule has 0 bridgehead atoms. The highest BCUT2D eigenvalue weighted by atomic mass is 35.5. The summed E-state index contributed by atoms with van der Waals surface area (Å²) in [7, 11) is -2.02. The third-order valence-corrected chi connectivity index (χ3v) is 6.53. The molecule has 174 valence electrons. The number of aryl methyl sites for hydroxylation is 1. The van der Waals surface area contributed by atoms with Gasteiger partial charge in [0.2, 0.25) is 21.8 Å². The number of nitrogens with one attached hydrogen (secondary N) is 1. The van der Waals surface area contributed by atoms with Gasteiger partial charge in [0.1, 0.15) is 6.04 Å². The van der Waals surface area contributed by atoms with E-state index in [1.807, 2.05) is 31.2 Å². The van der Waals surface area contributed by atoms with Crippen molar-refractivity contribution in [3.05, 3.63) is 64.7 Å². The normalized spacial score (nSPS) is 12.2. The minimum absolute atomic E-state index is 0.0970. The molecular formula is C23H30ClN3O4S. The van der Waals surface area contributed by atoms with Crippen molar-refractivity contribution in [2.24, 2.45) is 0 Å². The summed E-state index contributed by atoms with van der Waals surface area (Å²) >= 11 is 6.01. The molecule has 32 heavy (non-hydrogen) atoms. The fourth-order valence-electron chi connectivity index (χ4n) is 3.43. The average Bonchev–Trinajstić information content (AvgIpc) is 2.73. The van der Waals surface area contributed by atoms with E-state index >= 15 is 0 Å². The lowest BCUT2D eigenvalue weighted by Crippen LogP contribution is -2.46. The van der Waals surface area contributed by atoms with Crippen molar-refractivity contribution in [1.82, 2.24) is 10.2 Å². The standard InChI is InChI=1S/C23H30ClN3O4S/c1-17-8-5-9-19(14-17)16-26(18(2)23(29)25-3)22(28)12-7-13-27(32(4,30)31)21-11-6-10-20(24)15-21/h5-6,8-11,14-15,18H,7,12-13,16H2,1-4H3,(H,25,29)/t18-/m1/s1. The molecule has 0 saturated heterocycles. The second-order valence-corrected chi connectivity index (χ2v) is 10.1. The number of amides is 2. The highest BCUT2D eigenvalue weighted by Gasteiger charge is 2.26. The van der Waals surface area contributed by atoms with Gasteiger partial charge < -0.3 is 10.2 Å². The third-order valence-electron chi connectivity index (χ3n) is 5.10. The van der Waals surface area contributed by atoms with Crippen LogP contribution in [0.5, 0.6) is 0 Å². The quantitative estimate of drug-likeness (QED) is 0.566. The molecule has 2 amide bonds. The van der Waals surface area contributed by atoms with Crippen LogP contribution >= 0.6 is 11.6 Å². The molecule has 0 aliphatic rings. The first-order chi connectivity index (χ1) is 15.0. The van der Waals surface area contributed by atoms with Gasteiger partial charge in [0.15, 0.2) is 0 Å². The van der Waals surface area contributed by atoms with Crippen molar-refractivity contribution < 1.29 is 18.0 Å². The first kappa shape index (κ1) is 25.7. The maximum absolute atomic E-state index is 13.1. The summed E-state index contributed by atoms with van der Waals surface area (Å²) in [6, 6.07) is 13.7. The Morgan fingerprint density at radius 3 is 2.41 bits per heavy atom. The molecule has 1 N–H and O–H groups in total. The number of benzene rings is 2. The van der Waals surface area contributed by atoms with Crippen molar-refractivity contribution in [3.63, 3.8) is 0 Å². The zero-order valence-corrected chi connectivity index (χ0v) is 20.4. The summed E-state index contributed by atoms with van der Waals surface area (Å²) in [5.41, 5.74) is 2.43. The molecule has 0 unspecified atom stereocenters. The predicted molar refractivity (Wildman–Crippen MR) is 128 cm³/mol. The molecule has 0 aliphatic heterocycles. The number of carbonyl (C=O) groups excluding carboxylic acids is 2. The Morgan fingerprint density at radius 2 is 1.81 bits per heavy atom.